The number of sulfonamides is 1. The second-order valence-corrected chi connectivity index (χ2v) is 8.95. The molecule has 1 fully saturated rings. The van der Waals surface area contributed by atoms with Crippen molar-refractivity contribution >= 4 is 27.5 Å². The van der Waals surface area contributed by atoms with E-state index >= 15 is 0 Å². The molecule has 160 valence electrons. The lowest BCUT2D eigenvalue weighted by molar-refractivity contribution is -0.126. The first-order valence-electron chi connectivity index (χ1n) is 9.62. The molecule has 1 aliphatic heterocycles. The van der Waals surface area contributed by atoms with Crippen molar-refractivity contribution in [3.8, 4) is 5.75 Å². The molecule has 30 heavy (non-hydrogen) atoms. The SMILES string of the molecule is COc1ccc(C)cc1NC(=O)CNC(=O)C1CCCN1S(=O)(=O)c1ccccc1. The fourth-order valence-electron chi connectivity index (χ4n) is 3.42. The van der Waals surface area contributed by atoms with Gasteiger partial charge in [0.2, 0.25) is 21.8 Å². The monoisotopic (exact) mass is 431 g/mol. The molecule has 9 heteroatoms. The molecule has 8 nitrogen and oxygen atoms in total. The van der Waals surface area contributed by atoms with Gasteiger partial charge in [-0.05, 0) is 49.6 Å². The summed E-state index contributed by atoms with van der Waals surface area (Å²) in [6.45, 7) is 1.88. The van der Waals surface area contributed by atoms with Gasteiger partial charge in [0.25, 0.3) is 0 Å². The Morgan fingerprint density at radius 2 is 1.90 bits per heavy atom. The summed E-state index contributed by atoms with van der Waals surface area (Å²) in [7, 11) is -2.27. The number of carbonyl (C=O) groups excluding carboxylic acids is 2. The lowest BCUT2D eigenvalue weighted by Crippen LogP contribution is -2.47. The van der Waals surface area contributed by atoms with E-state index in [1.165, 1.54) is 23.5 Å². The van der Waals surface area contributed by atoms with Crippen LogP contribution in [-0.4, -0.2) is 50.8 Å². The average Bonchev–Trinajstić information content (AvgIpc) is 3.24. The van der Waals surface area contributed by atoms with Gasteiger partial charge in [-0.2, -0.15) is 4.31 Å². The number of benzene rings is 2. The van der Waals surface area contributed by atoms with E-state index in [1.54, 1.807) is 30.3 Å². The first-order chi connectivity index (χ1) is 14.3. The van der Waals surface area contributed by atoms with Crippen molar-refractivity contribution < 1.29 is 22.7 Å². The number of nitrogens with one attached hydrogen (secondary N) is 2. The summed E-state index contributed by atoms with van der Waals surface area (Å²) in [5.41, 5.74) is 1.45. The smallest absolute Gasteiger partial charge is 0.243 e. The van der Waals surface area contributed by atoms with Crippen molar-refractivity contribution in [3.05, 3.63) is 54.1 Å². The van der Waals surface area contributed by atoms with Gasteiger partial charge in [-0.1, -0.05) is 24.3 Å². The van der Waals surface area contributed by atoms with Gasteiger partial charge in [0.05, 0.1) is 24.2 Å². The number of rotatable bonds is 7. The summed E-state index contributed by atoms with van der Waals surface area (Å²) < 4.78 is 32.2. The Bertz CT molecular complexity index is 1020. The standard InChI is InChI=1S/C21H25N3O5S/c1-15-10-11-19(29-2)17(13-15)23-20(25)14-22-21(26)18-9-6-12-24(18)30(27,28)16-7-4-3-5-8-16/h3-5,7-8,10-11,13,18H,6,9,12,14H2,1-2H3,(H,22,26)(H,23,25). The van der Waals surface area contributed by atoms with Crippen LogP contribution in [0.25, 0.3) is 0 Å². The van der Waals surface area contributed by atoms with E-state index in [2.05, 4.69) is 10.6 Å². The molecule has 0 bridgehead atoms. The van der Waals surface area contributed by atoms with Crippen molar-refractivity contribution in [2.45, 2.75) is 30.7 Å². The molecule has 1 saturated heterocycles. The summed E-state index contributed by atoms with van der Waals surface area (Å²) in [5, 5.41) is 5.26. The summed E-state index contributed by atoms with van der Waals surface area (Å²) in [4.78, 5) is 25.1. The second kappa shape index (κ2) is 9.27. The van der Waals surface area contributed by atoms with Gasteiger partial charge in [0, 0.05) is 6.54 Å². The van der Waals surface area contributed by atoms with Crippen molar-refractivity contribution in [1.29, 1.82) is 0 Å². The quantitative estimate of drug-likeness (QED) is 0.697. The number of amides is 2. The van der Waals surface area contributed by atoms with Crippen LogP contribution in [0, 0.1) is 6.92 Å². The third kappa shape index (κ3) is 4.80. The molecule has 2 aromatic carbocycles. The van der Waals surface area contributed by atoms with Gasteiger partial charge in [0.1, 0.15) is 11.8 Å². The van der Waals surface area contributed by atoms with E-state index in [1.807, 2.05) is 13.0 Å². The second-order valence-electron chi connectivity index (χ2n) is 7.06. The predicted molar refractivity (Wildman–Crippen MR) is 113 cm³/mol. The Balaban J connectivity index is 1.63. The van der Waals surface area contributed by atoms with E-state index in [0.717, 1.165) is 5.56 Å². The number of hydrogen-bond donors (Lipinski definition) is 2. The third-order valence-corrected chi connectivity index (χ3v) is 6.83. The van der Waals surface area contributed by atoms with Crippen LogP contribution in [0.5, 0.6) is 5.75 Å². The zero-order valence-electron chi connectivity index (χ0n) is 16.9. The first-order valence-corrected chi connectivity index (χ1v) is 11.1. The molecule has 2 amide bonds. The molecule has 0 aromatic heterocycles. The fourth-order valence-corrected chi connectivity index (χ4v) is 5.09. The van der Waals surface area contributed by atoms with Crippen molar-refractivity contribution in [3.63, 3.8) is 0 Å². The molecular formula is C21H25N3O5S. The van der Waals surface area contributed by atoms with Crippen molar-refractivity contribution in [1.82, 2.24) is 9.62 Å². The summed E-state index contributed by atoms with van der Waals surface area (Å²) >= 11 is 0. The minimum atomic E-state index is -3.78. The van der Waals surface area contributed by atoms with Gasteiger partial charge in [0.15, 0.2) is 0 Å². The Kier molecular flexibility index (Phi) is 6.73. The molecule has 0 saturated carbocycles. The molecule has 1 atom stereocenters. The van der Waals surface area contributed by atoms with Crippen LogP contribution in [0.1, 0.15) is 18.4 Å². The van der Waals surface area contributed by atoms with Crippen LogP contribution in [0.3, 0.4) is 0 Å². The Morgan fingerprint density at radius 1 is 1.17 bits per heavy atom. The number of hydrogen-bond acceptors (Lipinski definition) is 5. The topological polar surface area (TPSA) is 105 Å². The van der Waals surface area contributed by atoms with E-state index in [9.17, 15) is 18.0 Å². The largest absolute Gasteiger partial charge is 0.495 e. The zero-order valence-corrected chi connectivity index (χ0v) is 17.7. The highest BCUT2D eigenvalue weighted by Gasteiger charge is 2.39. The van der Waals surface area contributed by atoms with Crippen molar-refractivity contribution in [2.24, 2.45) is 0 Å². The predicted octanol–water partition coefficient (Wildman–Crippen LogP) is 1.91. The molecule has 1 aliphatic rings. The zero-order chi connectivity index (χ0) is 21.7. The number of aryl methyl sites for hydroxylation is 1. The maximum absolute atomic E-state index is 12.9. The number of nitrogens with zero attached hydrogens (tertiary/aromatic N) is 1. The maximum Gasteiger partial charge on any atom is 0.243 e. The molecule has 0 aliphatic carbocycles. The van der Waals surface area contributed by atoms with Crippen molar-refractivity contribution in [2.75, 3.05) is 25.5 Å². The fraction of sp³-hybridized carbons (Fsp3) is 0.333. The van der Waals surface area contributed by atoms with Crippen LogP contribution in [0.15, 0.2) is 53.4 Å². The van der Waals surface area contributed by atoms with Crippen LogP contribution in [-0.2, 0) is 19.6 Å². The average molecular weight is 432 g/mol. The number of ether oxygens (including phenoxy) is 1. The van der Waals surface area contributed by atoms with Gasteiger partial charge >= 0.3 is 0 Å². The van der Waals surface area contributed by atoms with Crippen LogP contribution < -0.4 is 15.4 Å². The molecule has 2 aromatic rings. The van der Waals surface area contributed by atoms with Gasteiger partial charge < -0.3 is 15.4 Å². The Hall–Kier alpha value is -2.91. The van der Waals surface area contributed by atoms with E-state index < -0.39 is 27.9 Å². The minimum absolute atomic E-state index is 0.147. The van der Waals surface area contributed by atoms with Crippen LogP contribution in [0.4, 0.5) is 5.69 Å². The van der Waals surface area contributed by atoms with Gasteiger partial charge in [-0.3, -0.25) is 9.59 Å². The van der Waals surface area contributed by atoms with E-state index in [0.29, 0.717) is 24.3 Å². The van der Waals surface area contributed by atoms with Crippen LogP contribution >= 0.6 is 0 Å². The molecule has 0 spiro atoms. The molecule has 3 rings (SSSR count). The first kappa shape index (κ1) is 21.8. The highest BCUT2D eigenvalue weighted by molar-refractivity contribution is 7.89. The van der Waals surface area contributed by atoms with Gasteiger partial charge in [-0.25, -0.2) is 8.42 Å². The maximum atomic E-state index is 12.9. The number of methoxy groups -OCH3 is 1. The third-order valence-electron chi connectivity index (χ3n) is 4.91. The highest BCUT2D eigenvalue weighted by Crippen LogP contribution is 2.26. The minimum Gasteiger partial charge on any atom is -0.495 e. The molecule has 1 unspecified atom stereocenters. The summed E-state index contributed by atoms with van der Waals surface area (Å²) in [6, 6.07) is 12.6. The molecular weight excluding hydrogens is 406 g/mol. The lowest BCUT2D eigenvalue weighted by atomic mass is 10.2. The summed E-state index contributed by atoms with van der Waals surface area (Å²) in [6.07, 6.45) is 0.988. The molecule has 2 N–H and O–H groups in total. The molecule has 0 radical (unpaired) electrons. The number of carbonyl (C=O) groups is 2. The lowest BCUT2D eigenvalue weighted by Gasteiger charge is -2.23. The Morgan fingerprint density at radius 3 is 2.60 bits per heavy atom. The van der Waals surface area contributed by atoms with Gasteiger partial charge in [-0.15, -0.1) is 0 Å². The van der Waals surface area contributed by atoms with E-state index in [4.69, 9.17) is 4.74 Å². The normalized spacial score (nSPS) is 16.8. The van der Waals surface area contributed by atoms with E-state index in [-0.39, 0.29) is 18.0 Å². The van der Waals surface area contributed by atoms with Crippen LogP contribution in [0.2, 0.25) is 0 Å². The molecule has 1 heterocycles. The summed E-state index contributed by atoms with van der Waals surface area (Å²) in [5.74, 6) is -0.405. The highest BCUT2D eigenvalue weighted by atomic mass is 32.2. The number of anilines is 1. The Labute approximate surface area is 176 Å².